The van der Waals surface area contributed by atoms with Gasteiger partial charge < -0.3 is 5.32 Å². The SMILES string of the molecule is CC(C)CCNC(=O)c1ccc2c(=O)n(Cc3ccccc3)c(SCC(=O)c3ccc(F)cc3)nc2c1. The van der Waals surface area contributed by atoms with Gasteiger partial charge in [-0.25, -0.2) is 9.37 Å². The lowest BCUT2D eigenvalue weighted by molar-refractivity contribution is 0.0951. The van der Waals surface area contributed by atoms with Gasteiger partial charge in [-0.15, -0.1) is 0 Å². The van der Waals surface area contributed by atoms with E-state index in [1.54, 1.807) is 22.8 Å². The zero-order valence-corrected chi connectivity index (χ0v) is 21.6. The standard InChI is InChI=1S/C29H28FN3O3S/c1-19(2)14-15-31-27(35)22-10-13-24-25(16-22)32-29(33(28(24)36)17-20-6-4-3-5-7-20)37-18-26(34)21-8-11-23(30)12-9-21/h3-13,16,19H,14-15,17-18H2,1-2H3,(H,31,35). The molecular weight excluding hydrogens is 489 g/mol. The van der Waals surface area contributed by atoms with E-state index < -0.39 is 5.82 Å². The topological polar surface area (TPSA) is 81.1 Å². The van der Waals surface area contributed by atoms with E-state index in [-0.39, 0.29) is 29.5 Å². The van der Waals surface area contributed by atoms with Gasteiger partial charge in [0.25, 0.3) is 11.5 Å². The fourth-order valence-corrected chi connectivity index (χ4v) is 4.68. The van der Waals surface area contributed by atoms with Crippen LogP contribution in [0.1, 0.15) is 46.5 Å². The van der Waals surface area contributed by atoms with Gasteiger partial charge in [0, 0.05) is 17.7 Å². The van der Waals surface area contributed by atoms with Crippen LogP contribution in [0.5, 0.6) is 0 Å². The molecule has 0 spiro atoms. The number of benzene rings is 3. The van der Waals surface area contributed by atoms with Crippen molar-refractivity contribution in [3.8, 4) is 0 Å². The molecule has 190 valence electrons. The van der Waals surface area contributed by atoms with Crippen LogP contribution >= 0.6 is 11.8 Å². The minimum Gasteiger partial charge on any atom is -0.352 e. The lowest BCUT2D eigenvalue weighted by atomic mass is 10.1. The Morgan fingerprint density at radius 3 is 2.41 bits per heavy atom. The van der Waals surface area contributed by atoms with E-state index in [1.807, 2.05) is 30.3 Å². The van der Waals surface area contributed by atoms with Gasteiger partial charge in [0.1, 0.15) is 5.82 Å². The van der Waals surface area contributed by atoms with Crippen molar-refractivity contribution in [2.45, 2.75) is 32.0 Å². The summed E-state index contributed by atoms with van der Waals surface area (Å²) in [7, 11) is 0. The third kappa shape index (κ3) is 6.71. The molecular formula is C29H28FN3O3S. The van der Waals surface area contributed by atoms with Crippen LogP contribution in [0.25, 0.3) is 10.9 Å². The van der Waals surface area contributed by atoms with Crippen molar-refractivity contribution in [3.63, 3.8) is 0 Å². The molecule has 4 rings (SSSR count). The number of ketones is 1. The molecule has 37 heavy (non-hydrogen) atoms. The van der Waals surface area contributed by atoms with E-state index in [0.717, 1.165) is 23.7 Å². The molecule has 0 fully saturated rings. The zero-order chi connectivity index (χ0) is 26.4. The van der Waals surface area contributed by atoms with Gasteiger partial charge in [0.2, 0.25) is 0 Å². The van der Waals surface area contributed by atoms with Gasteiger partial charge in [-0.05, 0) is 60.4 Å². The second-order valence-corrected chi connectivity index (χ2v) is 10.1. The highest BCUT2D eigenvalue weighted by Gasteiger charge is 2.16. The molecule has 1 aromatic heterocycles. The third-order valence-corrected chi connectivity index (χ3v) is 6.85. The second-order valence-electron chi connectivity index (χ2n) is 9.16. The number of fused-ring (bicyclic) bond motifs is 1. The Kier molecular flexibility index (Phi) is 8.50. The minimum absolute atomic E-state index is 0.0216. The van der Waals surface area contributed by atoms with Gasteiger partial charge in [-0.1, -0.05) is 55.9 Å². The molecule has 1 heterocycles. The summed E-state index contributed by atoms with van der Waals surface area (Å²) in [4.78, 5) is 43.6. The highest BCUT2D eigenvalue weighted by molar-refractivity contribution is 7.99. The lowest BCUT2D eigenvalue weighted by Gasteiger charge is -2.14. The van der Waals surface area contributed by atoms with Gasteiger partial charge in [-0.2, -0.15) is 0 Å². The van der Waals surface area contributed by atoms with E-state index >= 15 is 0 Å². The number of aromatic nitrogens is 2. The van der Waals surface area contributed by atoms with Crippen molar-refractivity contribution < 1.29 is 14.0 Å². The summed E-state index contributed by atoms with van der Waals surface area (Å²) in [5, 5.41) is 3.67. The van der Waals surface area contributed by atoms with Crippen LogP contribution in [0, 0.1) is 11.7 Å². The number of halogens is 1. The fourth-order valence-electron chi connectivity index (χ4n) is 3.78. The van der Waals surface area contributed by atoms with Crippen LogP contribution in [-0.2, 0) is 6.54 Å². The number of rotatable bonds is 10. The molecule has 0 aliphatic rings. The van der Waals surface area contributed by atoms with Crippen molar-refractivity contribution in [2.24, 2.45) is 5.92 Å². The van der Waals surface area contributed by atoms with E-state index in [1.165, 1.54) is 24.3 Å². The van der Waals surface area contributed by atoms with Crippen LogP contribution in [0.2, 0.25) is 0 Å². The van der Waals surface area contributed by atoms with Crippen molar-refractivity contribution in [1.29, 1.82) is 0 Å². The minimum atomic E-state index is -0.416. The number of Topliss-reactive ketones (excluding diaryl/α,β-unsaturated/α-hetero) is 1. The number of nitrogens with zero attached hydrogens (tertiary/aromatic N) is 2. The summed E-state index contributed by atoms with van der Waals surface area (Å²) in [5.74, 6) is -0.351. The molecule has 8 heteroatoms. The Morgan fingerprint density at radius 2 is 1.70 bits per heavy atom. The van der Waals surface area contributed by atoms with E-state index in [2.05, 4.69) is 19.2 Å². The molecule has 0 saturated carbocycles. The van der Waals surface area contributed by atoms with Crippen molar-refractivity contribution >= 4 is 34.4 Å². The van der Waals surface area contributed by atoms with Crippen LogP contribution in [0.3, 0.4) is 0 Å². The molecule has 3 aromatic carbocycles. The summed E-state index contributed by atoms with van der Waals surface area (Å²) >= 11 is 1.14. The Balaban J connectivity index is 1.67. The molecule has 0 radical (unpaired) electrons. The largest absolute Gasteiger partial charge is 0.352 e. The molecule has 0 saturated heterocycles. The summed E-state index contributed by atoms with van der Waals surface area (Å²) in [6.45, 7) is 5.03. The number of nitrogens with one attached hydrogen (secondary N) is 1. The van der Waals surface area contributed by atoms with Gasteiger partial charge >= 0.3 is 0 Å². The molecule has 0 unspecified atom stereocenters. The molecule has 6 nitrogen and oxygen atoms in total. The number of carbonyl (C=O) groups is 2. The number of amides is 1. The van der Waals surface area contributed by atoms with Crippen molar-refractivity contribution in [3.05, 3.63) is 106 Å². The zero-order valence-electron chi connectivity index (χ0n) is 20.7. The molecule has 0 aliphatic carbocycles. The molecule has 4 aromatic rings. The smallest absolute Gasteiger partial charge is 0.262 e. The maximum Gasteiger partial charge on any atom is 0.262 e. The Hall–Kier alpha value is -3.78. The van der Waals surface area contributed by atoms with Crippen LogP contribution < -0.4 is 10.9 Å². The Morgan fingerprint density at radius 1 is 1.00 bits per heavy atom. The van der Waals surface area contributed by atoms with E-state index in [0.29, 0.717) is 39.6 Å². The quantitative estimate of drug-likeness (QED) is 0.175. The first-order valence-electron chi connectivity index (χ1n) is 12.1. The molecule has 0 bridgehead atoms. The van der Waals surface area contributed by atoms with Crippen LogP contribution in [0.15, 0.2) is 82.7 Å². The average Bonchev–Trinajstić information content (AvgIpc) is 2.89. The van der Waals surface area contributed by atoms with E-state index in [4.69, 9.17) is 4.98 Å². The monoisotopic (exact) mass is 517 g/mol. The van der Waals surface area contributed by atoms with Crippen molar-refractivity contribution in [2.75, 3.05) is 12.3 Å². The highest BCUT2D eigenvalue weighted by Crippen LogP contribution is 2.21. The van der Waals surface area contributed by atoms with Gasteiger partial charge in [0.05, 0.1) is 23.2 Å². The summed E-state index contributed by atoms with van der Waals surface area (Å²) in [6.07, 6.45) is 0.866. The summed E-state index contributed by atoms with van der Waals surface area (Å²) in [5.41, 5.74) is 1.85. The molecule has 1 amide bonds. The fraction of sp³-hybridized carbons (Fsp3) is 0.241. The maximum atomic E-state index is 13.5. The molecule has 0 aliphatic heterocycles. The number of hydrogen-bond acceptors (Lipinski definition) is 5. The third-order valence-electron chi connectivity index (χ3n) is 5.87. The van der Waals surface area contributed by atoms with Gasteiger partial charge in [-0.3, -0.25) is 19.0 Å². The summed E-state index contributed by atoms with van der Waals surface area (Å²) < 4.78 is 14.8. The Labute approximate surface area is 218 Å². The predicted molar refractivity (Wildman–Crippen MR) is 145 cm³/mol. The maximum absolute atomic E-state index is 13.5. The Bertz CT molecular complexity index is 1470. The van der Waals surface area contributed by atoms with Crippen LogP contribution in [0.4, 0.5) is 4.39 Å². The predicted octanol–water partition coefficient (Wildman–Crippen LogP) is 5.33. The van der Waals surface area contributed by atoms with E-state index in [9.17, 15) is 18.8 Å². The molecule has 0 atom stereocenters. The highest BCUT2D eigenvalue weighted by atomic mass is 32.2. The number of hydrogen-bond donors (Lipinski definition) is 1. The number of carbonyl (C=O) groups excluding carboxylic acids is 2. The average molecular weight is 518 g/mol. The first-order valence-corrected chi connectivity index (χ1v) is 13.1. The van der Waals surface area contributed by atoms with Crippen molar-refractivity contribution in [1.82, 2.24) is 14.9 Å². The molecule has 1 N–H and O–H groups in total. The first kappa shape index (κ1) is 26.3. The normalized spacial score (nSPS) is 11.1. The van der Waals surface area contributed by atoms with Crippen LogP contribution in [-0.4, -0.2) is 33.5 Å². The second kappa shape index (κ2) is 12.0. The number of thioether (sulfide) groups is 1. The first-order chi connectivity index (χ1) is 17.8. The van der Waals surface area contributed by atoms with Gasteiger partial charge in [0.15, 0.2) is 10.9 Å². The summed E-state index contributed by atoms with van der Waals surface area (Å²) in [6, 6.07) is 19.7. The lowest BCUT2D eigenvalue weighted by Crippen LogP contribution is -2.26.